The van der Waals surface area contributed by atoms with Gasteiger partial charge in [0.05, 0.1) is 19.3 Å². The molecule has 0 saturated carbocycles. The van der Waals surface area contributed by atoms with Gasteiger partial charge in [0.25, 0.3) is 0 Å². The Bertz CT molecular complexity index is 426. The van der Waals surface area contributed by atoms with Gasteiger partial charge in [-0.15, -0.1) is 0 Å². The molecule has 20 heavy (non-hydrogen) atoms. The van der Waals surface area contributed by atoms with Gasteiger partial charge in [0.1, 0.15) is 5.82 Å². The minimum atomic E-state index is 0.278. The highest BCUT2D eigenvalue weighted by Gasteiger charge is 2.19. The standard InChI is InChI=1S/C15H25N3O2/c1-12-8-14(9-16-4-6-19-3)10-17-15(12)18-5-7-20-13(2)11-18/h8,10,13,16H,4-7,9,11H2,1-3H3. The van der Waals surface area contributed by atoms with E-state index in [2.05, 4.69) is 35.1 Å². The van der Waals surface area contributed by atoms with Crippen LogP contribution >= 0.6 is 0 Å². The van der Waals surface area contributed by atoms with Crippen molar-refractivity contribution >= 4 is 5.82 Å². The molecule has 0 aromatic carbocycles. The van der Waals surface area contributed by atoms with Gasteiger partial charge in [0.2, 0.25) is 0 Å². The lowest BCUT2D eigenvalue weighted by Crippen LogP contribution is -2.41. The summed E-state index contributed by atoms with van der Waals surface area (Å²) in [4.78, 5) is 6.95. The van der Waals surface area contributed by atoms with Crippen molar-refractivity contribution in [1.29, 1.82) is 0 Å². The number of nitrogens with one attached hydrogen (secondary N) is 1. The lowest BCUT2D eigenvalue weighted by Gasteiger charge is -2.33. The van der Waals surface area contributed by atoms with Crippen LogP contribution in [0.25, 0.3) is 0 Å². The Morgan fingerprint density at radius 2 is 2.40 bits per heavy atom. The van der Waals surface area contributed by atoms with Crippen molar-refractivity contribution in [3.8, 4) is 0 Å². The summed E-state index contributed by atoms with van der Waals surface area (Å²) in [6, 6.07) is 2.21. The maximum absolute atomic E-state index is 5.58. The molecule has 0 radical (unpaired) electrons. The third-order valence-corrected chi connectivity index (χ3v) is 3.46. The van der Waals surface area contributed by atoms with Gasteiger partial charge in [0.15, 0.2) is 0 Å². The molecule has 0 spiro atoms. The fraction of sp³-hybridized carbons (Fsp3) is 0.667. The van der Waals surface area contributed by atoms with E-state index < -0.39 is 0 Å². The summed E-state index contributed by atoms with van der Waals surface area (Å²) < 4.78 is 10.6. The highest BCUT2D eigenvalue weighted by Crippen LogP contribution is 2.20. The second-order valence-corrected chi connectivity index (χ2v) is 5.28. The Morgan fingerprint density at radius 1 is 1.55 bits per heavy atom. The minimum Gasteiger partial charge on any atom is -0.383 e. The van der Waals surface area contributed by atoms with Crippen LogP contribution in [-0.4, -0.2) is 51.0 Å². The van der Waals surface area contributed by atoms with Crippen LogP contribution < -0.4 is 10.2 Å². The monoisotopic (exact) mass is 279 g/mol. The molecule has 0 bridgehead atoms. The molecule has 5 nitrogen and oxygen atoms in total. The van der Waals surface area contributed by atoms with Crippen LogP contribution in [0.3, 0.4) is 0 Å². The Hall–Kier alpha value is -1.17. The summed E-state index contributed by atoms with van der Waals surface area (Å²) in [5.41, 5.74) is 2.44. The maximum Gasteiger partial charge on any atom is 0.131 e. The normalized spacial score (nSPS) is 19.4. The van der Waals surface area contributed by atoms with Crippen molar-refractivity contribution in [2.75, 3.05) is 44.9 Å². The number of pyridine rings is 1. The Morgan fingerprint density at radius 3 is 3.10 bits per heavy atom. The van der Waals surface area contributed by atoms with E-state index in [1.807, 2.05) is 6.20 Å². The molecule has 1 fully saturated rings. The summed E-state index contributed by atoms with van der Waals surface area (Å²) in [6.07, 6.45) is 2.24. The van der Waals surface area contributed by atoms with Crippen molar-refractivity contribution in [2.45, 2.75) is 26.5 Å². The van der Waals surface area contributed by atoms with Gasteiger partial charge in [-0.05, 0) is 31.0 Å². The lowest BCUT2D eigenvalue weighted by atomic mass is 10.1. The number of aryl methyl sites for hydroxylation is 1. The van der Waals surface area contributed by atoms with Gasteiger partial charge in [-0.2, -0.15) is 0 Å². The van der Waals surface area contributed by atoms with Gasteiger partial charge in [0, 0.05) is 39.5 Å². The predicted molar refractivity (Wildman–Crippen MR) is 80.2 cm³/mol. The van der Waals surface area contributed by atoms with E-state index in [1.165, 1.54) is 11.1 Å². The molecule has 0 aliphatic carbocycles. The van der Waals surface area contributed by atoms with E-state index >= 15 is 0 Å². The Kier molecular flexibility index (Phi) is 5.76. The number of nitrogens with zero attached hydrogens (tertiary/aromatic N) is 2. The lowest BCUT2D eigenvalue weighted by molar-refractivity contribution is 0.0529. The van der Waals surface area contributed by atoms with Crippen LogP contribution in [0, 0.1) is 6.92 Å². The first-order valence-corrected chi connectivity index (χ1v) is 7.22. The fourth-order valence-electron chi connectivity index (χ4n) is 2.47. The first-order valence-electron chi connectivity index (χ1n) is 7.22. The molecule has 1 saturated heterocycles. The summed E-state index contributed by atoms with van der Waals surface area (Å²) >= 11 is 0. The van der Waals surface area contributed by atoms with Gasteiger partial charge >= 0.3 is 0 Å². The van der Waals surface area contributed by atoms with Crippen molar-refractivity contribution in [1.82, 2.24) is 10.3 Å². The number of methoxy groups -OCH3 is 1. The molecule has 1 aliphatic rings. The number of rotatable bonds is 6. The van der Waals surface area contributed by atoms with Gasteiger partial charge in [-0.1, -0.05) is 0 Å². The van der Waals surface area contributed by atoms with Crippen LogP contribution in [0.5, 0.6) is 0 Å². The third kappa shape index (κ3) is 4.16. The zero-order valence-electron chi connectivity index (χ0n) is 12.7. The van der Waals surface area contributed by atoms with E-state index in [0.29, 0.717) is 0 Å². The van der Waals surface area contributed by atoms with Crippen LogP contribution in [0.15, 0.2) is 12.3 Å². The molecule has 1 aromatic rings. The average Bonchev–Trinajstić information content (AvgIpc) is 2.44. The van der Waals surface area contributed by atoms with Crippen molar-refractivity contribution in [3.05, 3.63) is 23.4 Å². The zero-order chi connectivity index (χ0) is 14.4. The molecule has 2 heterocycles. The molecule has 1 atom stereocenters. The summed E-state index contributed by atoms with van der Waals surface area (Å²) in [5, 5.41) is 3.34. The topological polar surface area (TPSA) is 46.6 Å². The molecular weight excluding hydrogens is 254 g/mol. The number of anilines is 1. The minimum absolute atomic E-state index is 0.278. The third-order valence-electron chi connectivity index (χ3n) is 3.46. The average molecular weight is 279 g/mol. The summed E-state index contributed by atoms with van der Waals surface area (Å²) in [6.45, 7) is 9.27. The van der Waals surface area contributed by atoms with E-state index in [0.717, 1.165) is 45.2 Å². The SMILES string of the molecule is COCCNCc1cnc(N2CCOC(C)C2)c(C)c1. The van der Waals surface area contributed by atoms with Crippen LogP contribution in [0.4, 0.5) is 5.82 Å². The fourth-order valence-corrected chi connectivity index (χ4v) is 2.47. The number of ether oxygens (including phenoxy) is 2. The number of hydrogen-bond acceptors (Lipinski definition) is 5. The zero-order valence-corrected chi connectivity index (χ0v) is 12.7. The number of aromatic nitrogens is 1. The largest absolute Gasteiger partial charge is 0.383 e. The molecule has 1 aromatic heterocycles. The molecule has 2 rings (SSSR count). The highest BCUT2D eigenvalue weighted by atomic mass is 16.5. The number of morpholine rings is 1. The van der Waals surface area contributed by atoms with Gasteiger partial charge in [-0.3, -0.25) is 0 Å². The van der Waals surface area contributed by atoms with E-state index in [9.17, 15) is 0 Å². The molecular formula is C15H25N3O2. The van der Waals surface area contributed by atoms with E-state index in [1.54, 1.807) is 7.11 Å². The van der Waals surface area contributed by atoms with Crippen molar-refractivity contribution < 1.29 is 9.47 Å². The maximum atomic E-state index is 5.58. The van der Waals surface area contributed by atoms with E-state index in [-0.39, 0.29) is 6.10 Å². The van der Waals surface area contributed by atoms with Gasteiger partial charge in [-0.25, -0.2) is 4.98 Å². The smallest absolute Gasteiger partial charge is 0.131 e. The molecule has 0 amide bonds. The van der Waals surface area contributed by atoms with Crippen molar-refractivity contribution in [3.63, 3.8) is 0 Å². The van der Waals surface area contributed by atoms with Crippen LogP contribution in [0.1, 0.15) is 18.1 Å². The molecule has 5 heteroatoms. The quantitative estimate of drug-likeness (QED) is 0.797. The van der Waals surface area contributed by atoms with Gasteiger partial charge < -0.3 is 19.7 Å². The van der Waals surface area contributed by atoms with Crippen molar-refractivity contribution in [2.24, 2.45) is 0 Å². The Balaban J connectivity index is 1.95. The Labute approximate surface area is 121 Å². The first-order chi connectivity index (χ1) is 9.70. The highest BCUT2D eigenvalue weighted by molar-refractivity contribution is 5.47. The molecule has 1 aliphatic heterocycles. The molecule has 1 unspecified atom stereocenters. The predicted octanol–water partition coefficient (Wildman–Crippen LogP) is 1.35. The summed E-state index contributed by atoms with van der Waals surface area (Å²) in [5.74, 6) is 1.08. The van der Waals surface area contributed by atoms with E-state index in [4.69, 9.17) is 9.47 Å². The second kappa shape index (κ2) is 7.57. The molecule has 1 N–H and O–H groups in total. The first kappa shape index (κ1) is 15.2. The van der Waals surface area contributed by atoms with Crippen LogP contribution in [-0.2, 0) is 16.0 Å². The molecule has 112 valence electrons. The second-order valence-electron chi connectivity index (χ2n) is 5.28. The van der Waals surface area contributed by atoms with Crippen LogP contribution in [0.2, 0.25) is 0 Å². The number of hydrogen-bond donors (Lipinski definition) is 1. The summed E-state index contributed by atoms with van der Waals surface area (Å²) in [7, 11) is 1.71.